The topological polar surface area (TPSA) is 29.1 Å². The molecule has 0 saturated heterocycles. The molecule has 1 N–H and O–H groups in total. The fraction of sp³-hybridized carbons (Fsp3) is 0.462. The molecule has 0 spiro atoms. The van der Waals surface area contributed by atoms with Gasteiger partial charge in [0.1, 0.15) is 0 Å². The molecule has 0 fully saturated rings. The summed E-state index contributed by atoms with van der Waals surface area (Å²) in [6.45, 7) is 4.01. The zero-order chi connectivity index (χ0) is 12.8. The second-order valence-corrected chi connectivity index (χ2v) is 5.24. The van der Waals surface area contributed by atoms with Crippen LogP contribution in [0, 0.1) is 6.92 Å². The average molecular weight is 319 g/mol. The predicted molar refractivity (Wildman–Crippen MR) is 76.1 cm³/mol. The number of aryl methyl sites for hydroxylation is 1. The number of hydrogen-bond donors (Lipinski definition) is 1. The van der Waals surface area contributed by atoms with Crippen molar-refractivity contribution in [1.29, 1.82) is 0 Å². The Morgan fingerprint density at radius 3 is 2.76 bits per heavy atom. The van der Waals surface area contributed by atoms with Crippen molar-refractivity contribution >= 4 is 33.4 Å². The SMILES string of the molecule is CCC(CCBr)NC(=O)c1ccc(C)cc1Cl. The Bertz CT molecular complexity index is 395. The van der Waals surface area contributed by atoms with Gasteiger partial charge in [-0.15, -0.1) is 0 Å². The van der Waals surface area contributed by atoms with E-state index in [1.165, 1.54) is 0 Å². The average Bonchev–Trinajstić information content (AvgIpc) is 2.28. The molecule has 0 aliphatic carbocycles. The lowest BCUT2D eigenvalue weighted by molar-refractivity contribution is 0.0935. The number of rotatable bonds is 5. The molecule has 4 heteroatoms. The highest BCUT2D eigenvalue weighted by molar-refractivity contribution is 9.09. The molecular weight excluding hydrogens is 302 g/mol. The number of carbonyl (C=O) groups is 1. The van der Waals surface area contributed by atoms with E-state index in [9.17, 15) is 4.79 Å². The van der Waals surface area contributed by atoms with Crippen molar-refractivity contribution in [2.24, 2.45) is 0 Å². The molecule has 0 aliphatic heterocycles. The van der Waals surface area contributed by atoms with Crippen LogP contribution < -0.4 is 5.32 Å². The van der Waals surface area contributed by atoms with Crippen molar-refractivity contribution in [2.75, 3.05) is 5.33 Å². The third kappa shape index (κ3) is 4.32. The van der Waals surface area contributed by atoms with Crippen molar-refractivity contribution < 1.29 is 4.79 Å². The van der Waals surface area contributed by atoms with Crippen LogP contribution in [0.2, 0.25) is 5.02 Å². The van der Waals surface area contributed by atoms with Crippen molar-refractivity contribution in [3.05, 3.63) is 34.3 Å². The fourth-order valence-corrected chi connectivity index (χ4v) is 2.45. The van der Waals surface area contributed by atoms with Gasteiger partial charge in [-0.3, -0.25) is 4.79 Å². The second kappa shape index (κ2) is 7.02. The molecule has 0 bridgehead atoms. The monoisotopic (exact) mass is 317 g/mol. The Hall–Kier alpha value is -0.540. The normalized spacial score (nSPS) is 12.2. The lowest BCUT2D eigenvalue weighted by Gasteiger charge is -2.16. The summed E-state index contributed by atoms with van der Waals surface area (Å²) in [5.74, 6) is -0.0946. The lowest BCUT2D eigenvalue weighted by atomic mass is 10.1. The molecule has 0 aromatic heterocycles. The minimum Gasteiger partial charge on any atom is -0.349 e. The van der Waals surface area contributed by atoms with Crippen LogP contribution in [0.25, 0.3) is 0 Å². The summed E-state index contributed by atoms with van der Waals surface area (Å²) >= 11 is 9.44. The predicted octanol–water partition coefficient (Wildman–Crippen LogP) is 3.94. The summed E-state index contributed by atoms with van der Waals surface area (Å²) in [6.07, 6.45) is 1.84. The number of alkyl halides is 1. The van der Waals surface area contributed by atoms with Gasteiger partial charge in [-0.1, -0.05) is 40.5 Å². The first-order valence-electron chi connectivity index (χ1n) is 5.71. The molecule has 1 aromatic carbocycles. The van der Waals surface area contributed by atoms with Crippen molar-refractivity contribution in [3.8, 4) is 0 Å². The van der Waals surface area contributed by atoms with Gasteiger partial charge in [0.15, 0.2) is 0 Å². The summed E-state index contributed by atoms with van der Waals surface area (Å²) in [5.41, 5.74) is 1.60. The molecule has 94 valence electrons. The van der Waals surface area contributed by atoms with Crippen LogP contribution in [-0.2, 0) is 0 Å². The maximum atomic E-state index is 12.0. The van der Waals surface area contributed by atoms with Gasteiger partial charge < -0.3 is 5.32 Å². The van der Waals surface area contributed by atoms with Gasteiger partial charge in [0, 0.05) is 11.4 Å². The Kier molecular flexibility index (Phi) is 6.00. The van der Waals surface area contributed by atoms with E-state index in [0.29, 0.717) is 10.6 Å². The van der Waals surface area contributed by atoms with E-state index in [2.05, 4.69) is 28.2 Å². The van der Waals surface area contributed by atoms with Crippen molar-refractivity contribution in [1.82, 2.24) is 5.32 Å². The number of benzene rings is 1. The van der Waals surface area contributed by atoms with E-state index in [1.54, 1.807) is 6.07 Å². The van der Waals surface area contributed by atoms with E-state index in [-0.39, 0.29) is 11.9 Å². The summed E-state index contributed by atoms with van der Waals surface area (Å²) in [6, 6.07) is 5.67. The summed E-state index contributed by atoms with van der Waals surface area (Å²) in [5, 5.41) is 4.38. The number of halogens is 2. The largest absolute Gasteiger partial charge is 0.349 e. The molecule has 1 aromatic rings. The molecule has 0 aliphatic rings. The Morgan fingerprint density at radius 2 is 2.24 bits per heavy atom. The molecule has 1 rings (SSSR count). The lowest BCUT2D eigenvalue weighted by Crippen LogP contribution is -2.34. The summed E-state index contributed by atoms with van der Waals surface area (Å²) < 4.78 is 0. The first-order valence-corrected chi connectivity index (χ1v) is 7.21. The number of amides is 1. The van der Waals surface area contributed by atoms with Crippen LogP contribution in [0.15, 0.2) is 18.2 Å². The standard InChI is InChI=1S/C13H17BrClNO/c1-3-10(6-7-14)16-13(17)11-5-4-9(2)8-12(11)15/h4-5,8,10H,3,6-7H2,1-2H3,(H,16,17). The van der Waals surface area contributed by atoms with Crippen molar-refractivity contribution in [3.63, 3.8) is 0 Å². The van der Waals surface area contributed by atoms with Crippen LogP contribution in [0.1, 0.15) is 35.7 Å². The van der Waals surface area contributed by atoms with E-state index >= 15 is 0 Å². The molecule has 1 atom stereocenters. The van der Waals surface area contributed by atoms with E-state index in [4.69, 9.17) is 11.6 Å². The summed E-state index contributed by atoms with van der Waals surface area (Å²) in [7, 11) is 0. The first-order chi connectivity index (χ1) is 8.08. The zero-order valence-electron chi connectivity index (χ0n) is 10.1. The third-order valence-corrected chi connectivity index (χ3v) is 3.43. The highest BCUT2D eigenvalue weighted by Gasteiger charge is 2.14. The Balaban J connectivity index is 2.75. The van der Waals surface area contributed by atoms with Gasteiger partial charge in [-0.2, -0.15) is 0 Å². The molecule has 1 unspecified atom stereocenters. The molecule has 0 saturated carbocycles. The maximum absolute atomic E-state index is 12.0. The molecular formula is C13H17BrClNO. The number of nitrogens with one attached hydrogen (secondary N) is 1. The molecule has 0 radical (unpaired) electrons. The van der Waals surface area contributed by atoms with Crippen LogP contribution >= 0.6 is 27.5 Å². The van der Waals surface area contributed by atoms with Crippen molar-refractivity contribution in [2.45, 2.75) is 32.7 Å². The minimum atomic E-state index is -0.0946. The number of carbonyl (C=O) groups excluding carboxylic acids is 1. The fourth-order valence-electron chi connectivity index (χ4n) is 1.58. The quantitative estimate of drug-likeness (QED) is 0.819. The zero-order valence-corrected chi connectivity index (χ0v) is 12.4. The molecule has 1 amide bonds. The molecule has 17 heavy (non-hydrogen) atoms. The highest BCUT2D eigenvalue weighted by Crippen LogP contribution is 2.17. The van der Waals surface area contributed by atoms with Gasteiger partial charge in [0.05, 0.1) is 10.6 Å². The van der Waals surface area contributed by atoms with Crippen LogP contribution in [0.5, 0.6) is 0 Å². The minimum absolute atomic E-state index is 0.0946. The van der Waals surface area contributed by atoms with Gasteiger partial charge in [0.2, 0.25) is 0 Å². The summed E-state index contributed by atoms with van der Waals surface area (Å²) in [4.78, 5) is 12.0. The number of hydrogen-bond acceptors (Lipinski definition) is 1. The van der Waals surface area contributed by atoms with Gasteiger partial charge in [-0.25, -0.2) is 0 Å². The van der Waals surface area contributed by atoms with E-state index in [1.807, 2.05) is 19.1 Å². The Morgan fingerprint density at radius 1 is 1.53 bits per heavy atom. The van der Waals surface area contributed by atoms with Crippen LogP contribution in [0.4, 0.5) is 0 Å². The van der Waals surface area contributed by atoms with E-state index in [0.717, 1.165) is 23.7 Å². The van der Waals surface area contributed by atoms with E-state index < -0.39 is 0 Å². The van der Waals surface area contributed by atoms with Crippen LogP contribution in [0.3, 0.4) is 0 Å². The smallest absolute Gasteiger partial charge is 0.253 e. The Labute approximate surface area is 116 Å². The van der Waals surface area contributed by atoms with Crippen LogP contribution in [-0.4, -0.2) is 17.3 Å². The maximum Gasteiger partial charge on any atom is 0.253 e. The third-order valence-electron chi connectivity index (χ3n) is 2.65. The second-order valence-electron chi connectivity index (χ2n) is 4.04. The van der Waals surface area contributed by atoms with Gasteiger partial charge in [-0.05, 0) is 37.5 Å². The first kappa shape index (κ1) is 14.5. The highest BCUT2D eigenvalue weighted by atomic mass is 79.9. The van der Waals surface area contributed by atoms with Gasteiger partial charge in [0.25, 0.3) is 5.91 Å². The molecule has 2 nitrogen and oxygen atoms in total. The molecule has 0 heterocycles. The van der Waals surface area contributed by atoms with Gasteiger partial charge >= 0.3 is 0 Å².